The highest BCUT2D eigenvalue weighted by Gasteiger charge is 2.45. The van der Waals surface area contributed by atoms with Gasteiger partial charge in [-0.2, -0.15) is 13.2 Å². The average molecular weight is 341 g/mol. The van der Waals surface area contributed by atoms with Crippen LogP contribution in [0.15, 0.2) is 18.2 Å². The molecule has 21 heavy (non-hydrogen) atoms. The van der Waals surface area contributed by atoms with Gasteiger partial charge in [0.25, 0.3) is 0 Å². The van der Waals surface area contributed by atoms with Crippen LogP contribution < -0.4 is 5.32 Å². The van der Waals surface area contributed by atoms with Crippen molar-refractivity contribution in [2.75, 3.05) is 13.1 Å². The maximum atomic E-state index is 12.8. The molecule has 1 N–H and O–H groups in total. The predicted molar refractivity (Wildman–Crippen MR) is 74.3 cm³/mol. The van der Waals surface area contributed by atoms with E-state index < -0.39 is 18.1 Å². The van der Waals surface area contributed by atoms with Gasteiger partial charge in [-0.05, 0) is 30.7 Å². The first kappa shape index (κ1) is 16.4. The standard InChI is InChI=1S/C13H13Cl2F3N2O/c14-9-2-1-8(11(15)5-9)7-20(10-3-4-19-6-10)12(21)13(16,17)18/h1-2,5,10,19H,3-4,6-7H2/t10-/m0/s1. The van der Waals surface area contributed by atoms with Crippen LogP contribution in [0.5, 0.6) is 0 Å². The van der Waals surface area contributed by atoms with Gasteiger partial charge in [-0.25, -0.2) is 0 Å². The summed E-state index contributed by atoms with van der Waals surface area (Å²) >= 11 is 11.7. The quantitative estimate of drug-likeness (QED) is 0.916. The lowest BCUT2D eigenvalue weighted by Crippen LogP contribution is -2.47. The summed E-state index contributed by atoms with van der Waals surface area (Å²) < 4.78 is 38.3. The minimum atomic E-state index is -4.90. The second-order valence-corrected chi connectivity index (χ2v) is 5.66. The monoisotopic (exact) mass is 340 g/mol. The van der Waals surface area contributed by atoms with Crippen molar-refractivity contribution in [2.45, 2.75) is 25.2 Å². The lowest BCUT2D eigenvalue weighted by atomic mass is 10.1. The third-order valence-electron chi connectivity index (χ3n) is 3.33. The molecule has 1 aromatic rings. The Balaban J connectivity index is 2.25. The molecule has 0 aliphatic carbocycles. The molecule has 1 aliphatic rings. The lowest BCUT2D eigenvalue weighted by Gasteiger charge is -2.29. The summed E-state index contributed by atoms with van der Waals surface area (Å²) in [4.78, 5) is 12.5. The van der Waals surface area contributed by atoms with Crippen molar-refractivity contribution in [1.82, 2.24) is 10.2 Å². The van der Waals surface area contributed by atoms with Gasteiger partial charge >= 0.3 is 12.1 Å². The minimum Gasteiger partial charge on any atom is -0.326 e. The van der Waals surface area contributed by atoms with Gasteiger partial charge in [0.05, 0.1) is 0 Å². The molecule has 0 bridgehead atoms. The fourth-order valence-corrected chi connectivity index (χ4v) is 2.74. The van der Waals surface area contributed by atoms with Gasteiger partial charge in [0.15, 0.2) is 0 Å². The highest BCUT2D eigenvalue weighted by Crippen LogP contribution is 2.27. The molecule has 1 heterocycles. The molecule has 116 valence electrons. The normalized spacial score (nSPS) is 18.8. The van der Waals surface area contributed by atoms with E-state index in [-0.39, 0.29) is 11.6 Å². The lowest BCUT2D eigenvalue weighted by molar-refractivity contribution is -0.188. The number of carbonyl (C=O) groups is 1. The summed E-state index contributed by atoms with van der Waals surface area (Å²) in [6.07, 6.45) is -4.42. The van der Waals surface area contributed by atoms with Gasteiger partial charge in [-0.15, -0.1) is 0 Å². The molecule has 1 fully saturated rings. The number of amides is 1. The first-order valence-corrected chi connectivity index (χ1v) is 7.07. The molecular formula is C13H13Cl2F3N2O. The molecule has 1 aromatic carbocycles. The van der Waals surface area contributed by atoms with Gasteiger partial charge in [-0.1, -0.05) is 29.3 Å². The number of hydrogen-bond acceptors (Lipinski definition) is 2. The molecule has 1 saturated heterocycles. The van der Waals surface area contributed by atoms with Crippen LogP contribution >= 0.6 is 23.2 Å². The van der Waals surface area contributed by atoms with E-state index in [1.54, 1.807) is 0 Å². The molecule has 0 saturated carbocycles. The number of nitrogens with one attached hydrogen (secondary N) is 1. The number of carbonyl (C=O) groups excluding carboxylic acids is 1. The fraction of sp³-hybridized carbons (Fsp3) is 0.462. The van der Waals surface area contributed by atoms with Crippen molar-refractivity contribution in [3.8, 4) is 0 Å². The Morgan fingerprint density at radius 2 is 2.10 bits per heavy atom. The number of halogens is 5. The van der Waals surface area contributed by atoms with Crippen LogP contribution in [0.2, 0.25) is 10.0 Å². The van der Waals surface area contributed by atoms with Crippen LogP contribution in [0.4, 0.5) is 13.2 Å². The number of nitrogens with zero attached hydrogens (tertiary/aromatic N) is 1. The Morgan fingerprint density at radius 1 is 1.38 bits per heavy atom. The molecule has 1 aliphatic heterocycles. The Labute approximate surface area is 130 Å². The van der Waals surface area contributed by atoms with E-state index in [1.165, 1.54) is 18.2 Å². The van der Waals surface area contributed by atoms with E-state index in [0.29, 0.717) is 30.1 Å². The molecule has 3 nitrogen and oxygen atoms in total. The summed E-state index contributed by atoms with van der Waals surface area (Å²) in [6.45, 7) is 0.731. The van der Waals surface area contributed by atoms with E-state index in [2.05, 4.69) is 5.32 Å². The summed E-state index contributed by atoms with van der Waals surface area (Å²) in [5.74, 6) is -1.85. The van der Waals surface area contributed by atoms with E-state index in [0.717, 1.165) is 4.90 Å². The van der Waals surface area contributed by atoms with E-state index in [1.807, 2.05) is 0 Å². The molecule has 2 rings (SSSR count). The van der Waals surface area contributed by atoms with Crippen LogP contribution in [0.3, 0.4) is 0 Å². The molecule has 1 amide bonds. The van der Waals surface area contributed by atoms with Crippen LogP contribution in [0.25, 0.3) is 0 Å². The number of hydrogen-bond donors (Lipinski definition) is 1. The summed E-state index contributed by atoms with van der Waals surface area (Å²) in [5.41, 5.74) is 0.436. The first-order valence-electron chi connectivity index (χ1n) is 6.31. The van der Waals surface area contributed by atoms with Crippen molar-refractivity contribution in [1.29, 1.82) is 0 Å². The zero-order valence-electron chi connectivity index (χ0n) is 10.9. The molecule has 1 atom stereocenters. The average Bonchev–Trinajstić information content (AvgIpc) is 2.90. The van der Waals surface area contributed by atoms with Gasteiger partial charge in [0, 0.05) is 29.2 Å². The smallest absolute Gasteiger partial charge is 0.326 e. The summed E-state index contributed by atoms with van der Waals surface area (Å²) in [5, 5.41) is 3.59. The third kappa shape index (κ3) is 4.02. The highest BCUT2D eigenvalue weighted by atomic mass is 35.5. The molecular weight excluding hydrogens is 328 g/mol. The van der Waals surface area contributed by atoms with Crippen LogP contribution in [0.1, 0.15) is 12.0 Å². The third-order valence-corrected chi connectivity index (χ3v) is 3.92. The Hall–Kier alpha value is -0.980. The SMILES string of the molecule is O=C(N(Cc1ccc(Cl)cc1Cl)[C@H]1CCNC1)C(F)(F)F. The second kappa shape index (κ2) is 6.42. The van der Waals surface area contributed by atoms with Crippen LogP contribution in [-0.4, -0.2) is 36.1 Å². The van der Waals surface area contributed by atoms with Gasteiger partial charge in [-0.3, -0.25) is 4.79 Å². The second-order valence-electron chi connectivity index (χ2n) is 4.81. The summed E-state index contributed by atoms with van der Waals surface area (Å²) in [7, 11) is 0. The maximum Gasteiger partial charge on any atom is 0.471 e. The Kier molecular flexibility index (Phi) is 5.01. The minimum absolute atomic E-state index is 0.194. The largest absolute Gasteiger partial charge is 0.471 e. The maximum absolute atomic E-state index is 12.8. The first-order chi connectivity index (χ1) is 9.79. The van der Waals surface area contributed by atoms with E-state index >= 15 is 0 Å². The van der Waals surface area contributed by atoms with Crippen molar-refractivity contribution >= 4 is 29.1 Å². The van der Waals surface area contributed by atoms with Crippen LogP contribution in [0, 0.1) is 0 Å². The highest BCUT2D eigenvalue weighted by molar-refractivity contribution is 6.35. The molecule has 8 heteroatoms. The zero-order valence-corrected chi connectivity index (χ0v) is 12.4. The van der Waals surface area contributed by atoms with E-state index in [4.69, 9.17) is 23.2 Å². The number of benzene rings is 1. The van der Waals surface area contributed by atoms with E-state index in [9.17, 15) is 18.0 Å². The molecule has 0 aromatic heterocycles. The topological polar surface area (TPSA) is 32.3 Å². The van der Waals surface area contributed by atoms with Crippen molar-refractivity contribution < 1.29 is 18.0 Å². The van der Waals surface area contributed by atoms with Gasteiger partial charge in [0.1, 0.15) is 0 Å². The Bertz CT molecular complexity index is 531. The van der Waals surface area contributed by atoms with Crippen molar-refractivity contribution in [3.05, 3.63) is 33.8 Å². The molecule has 0 spiro atoms. The van der Waals surface area contributed by atoms with Crippen LogP contribution in [-0.2, 0) is 11.3 Å². The van der Waals surface area contributed by atoms with Crippen molar-refractivity contribution in [2.24, 2.45) is 0 Å². The van der Waals surface area contributed by atoms with Crippen molar-refractivity contribution in [3.63, 3.8) is 0 Å². The predicted octanol–water partition coefficient (Wildman–Crippen LogP) is 3.25. The summed E-state index contributed by atoms with van der Waals surface area (Å²) in [6, 6.07) is 4.02. The number of alkyl halides is 3. The Morgan fingerprint density at radius 3 is 2.62 bits per heavy atom. The number of rotatable bonds is 3. The molecule has 0 unspecified atom stereocenters. The molecule has 0 radical (unpaired) electrons. The fourth-order valence-electron chi connectivity index (χ4n) is 2.27. The van der Waals surface area contributed by atoms with Gasteiger partial charge in [0.2, 0.25) is 0 Å². The van der Waals surface area contributed by atoms with Gasteiger partial charge < -0.3 is 10.2 Å². The zero-order chi connectivity index (χ0) is 15.6.